The minimum atomic E-state index is -1.03. The number of thioether (sulfide) groups is 1. The third-order valence-electron chi connectivity index (χ3n) is 3.30. The largest absolute Gasteiger partial charge is 0.496 e. The highest BCUT2D eigenvalue weighted by Gasteiger charge is 2.32. The smallest absolute Gasteiger partial charge is 0.321 e. The van der Waals surface area contributed by atoms with Gasteiger partial charge in [0.2, 0.25) is 0 Å². The van der Waals surface area contributed by atoms with Crippen molar-refractivity contribution in [2.45, 2.75) is 37.3 Å². The molecule has 0 aliphatic rings. The van der Waals surface area contributed by atoms with Crippen LogP contribution in [-0.4, -0.2) is 34.8 Å². The third-order valence-corrected chi connectivity index (χ3v) is 4.75. The standard InChI is InChI=1S/C15H21NO4S/c1-9(17)10-5-6-12(20-4)11(7-10)8-21-15(2,3)13(16)14(18)19/h5-7,13H,8,16H2,1-4H3,(H,18,19)/t13-/m0/s1. The van der Waals surface area contributed by atoms with Gasteiger partial charge in [-0.15, -0.1) is 11.8 Å². The molecule has 116 valence electrons. The van der Waals surface area contributed by atoms with Crippen LogP contribution in [0.4, 0.5) is 0 Å². The Hall–Kier alpha value is -1.53. The van der Waals surface area contributed by atoms with Crippen LogP contribution in [0.25, 0.3) is 0 Å². The Kier molecular flexibility index (Phi) is 5.80. The lowest BCUT2D eigenvalue weighted by molar-refractivity contribution is -0.139. The van der Waals surface area contributed by atoms with E-state index in [1.807, 2.05) is 0 Å². The molecule has 0 aliphatic heterocycles. The van der Waals surface area contributed by atoms with Gasteiger partial charge in [-0.25, -0.2) is 0 Å². The molecule has 0 aromatic heterocycles. The van der Waals surface area contributed by atoms with E-state index in [2.05, 4.69) is 0 Å². The minimum absolute atomic E-state index is 0.0228. The first kappa shape index (κ1) is 17.5. The van der Waals surface area contributed by atoms with Gasteiger partial charge in [-0.3, -0.25) is 9.59 Å². The van der Waals surface area contributed by atoms with Crippen molar-refractivity contribution in [2.24, 2.45) is 5.73 Å². The first-order valence-corrected chi connectivity index (χ1v) is 7.47. The van der Waals surface area contributed by atoms with Crippen LogP contribution in [0, 0.1) is 0 Å². The number of nitrogens with two attached hydrogens (primary N) is 1. The molecular weight excluding hydrogens is 290 g/mol. The Morgan fingerprint density at radius 3 is 2.52 bits per heavy atom. The topological polar surface area (TPSA) is 89.6 Å². The van der Waals surface area contributed by atoms with Crippen molar-refractivity contribution in [2.75, 3.05) is 7.11 Å². The van der Waals surface area contributed by atoms with Gasteiger partial charge >= 0.3 is 5.97 Å². The Morgan fingerprint density at radius 1 is 1.43 bits per heavy atom. The van der Waals surface area contributed by atoms with Crippen molar-refractivity contribution in [3.05, 3.63) is 29.3 Å². The highest BCUT2D eigenvalue weighted by Crippen LogP contribution is 2.33. The Labute approximate surface area is 128 Å². The van der Waals surface area contributed by atoms with Crippen LogP contribution in [0.3, 0.4) is 0 Å². The van der Waals surface area contributed by atoms with Gasteiger partial charge in [-0.2, -0.15) is 0 Å². The number of hydrogen-bond acceptors (Lipinski definition) is 5. The Bertz CT molecular complexity index is 542. The molecule has 0 saturated heterocycles. The van der Waals surface area contributed by atoms with E-state index in [0.29, 0.717) is 17.1 Å². The SMILES string of the molecule is COc1ccc(C(C)=O)cc1CSC(C)(C)[C@@H](N)C(=O)O. The molecule has 0 spiro atoms. The highest BCUT2D eigenvalue weighted by molar-refractivity contribution is 7.99. The van der Waals surface area contributed by atoms with Crippen molar-refractivity contribution < 1.29 is 19.4 Å². The van der Waals surface area contributed by atoms with Gasteiger partial charge in [0.25, 0.3) is 0 Å². The van der Waals surface area contributed by atoms with Gasteiger partial charge in [0.1, 0.15) is 11.8 Å². The van der Waals surface area contributed by atoms with Crippen LogP contribution in [0.5, 0.6) is 5.75 Å². The molecule has 1 atom stereocenters. The van der Waals surface area contributed by atoms with Crippen molar-refractivity contribution >= 4 is 23.5 Å². The van der Waals surface area contributed by atoms with Crippen molar-refractivity contribution in [3.8, 4) is 5.75 Å². The Morgan fingerprint density at radius 2 is 2.05 bits per heavy atom. The van der Waals surface area contributed by atoms with E-state index in [1.54, 1.807) is 39.2 Å². The van der Waals surface area contributed by atoms with Gasteiger partial charge in [0, 0.05) is 21.6 Å². The number of rotatable bonds is 7. The molecule has 0 aliphatic carbocycles. The van der Waals surface area contributed by atoms with E-state index < -0.39 is 16.8 Å². The second-order valence-corrected chi connectivity index (χ2v) is 6.92. The summed E-state index contributed by atoms with van der Waals surface area (Å²) in [5.41, 5.74) is 7.15. The predicted molar refractivity (Wildman–Crippen MR) is 84.0 cm³/mol. The van der Waals surface area contributed by atoms with Gasteiger partial charge in [0.05, 0.1) is 7.11 Å². The number of carbonyl (C=O) groups excluding carboxylic acids is 1. The quantitative estimate of drug-likeness (QED) is 0.751. The molecule has 0 fully saturated rings. The maximum Gasteiger partial charge on any atom is 0.321 e. The lowest BCUT2D eigenvalue weighted by atomic mass is 10.1. The van der Waals surface area contributed by atoms with Crippen molar-refractivity contribution in [1.29, 1.82) is 0 Å². The van der Waals surface area contributed by atoms with Crippen LogP contribution in [0.15, 0.2) is 18.2 Å². The average molecular weight is 311 g/mol. The van der Waals surface area contributed by atoms with E-state index in [4.69, 9.17) is 15.6 Å². The summed E-state index contributed by atoms with van der Waals surface area (Å²) in [6.07, 6.45) is 0. The van der Waals surface area contributed by atoms with Crippen LogP contribution in [-0.2, 0) is 10.5 Å². The molecule has 6 heteroatoms. The molecule has 0 bridgehead atoms. The second-order valence-electron chi connectivity index (χ2n) is 5.29. The number of carboxylic acids is 1. The van der Waals surface area contributed by atoms with Crippen molar-refractivity contribution in [3.63, 3.8) is 0 Å². The van der Waals surface area contributed by atoms with Crippen LogP contribution in [0.2, 0.25) is 0 Å². The predicted octanol–water partition coefficient (Wildman–Crippen LogP) is 2.32. The van der Waals surface area contributed by atoms with Gasteiger partial charge in [-0.05, 0) is 39.0 Å². The van der Waals surface area contributed by atoms with E-state index in [9.17, 15) is 9.59 Å². The molecule has 0 heterocycles. The molecule has 1 aromatic rings. The normalized spacial score (nSPS) is 12.8. The second kappa shape index (κ2) is 6.95. The molecule has 1 aromatic carbocycles. The zero-order valence-electron chi connectivity index (χ0n) is 12.7. The monoisotopic (exact) mass is 311 g/mol. The fourth-order valence-corrected chi connectivity index (χ4v) is 2.79. The third kappa shape index (κ3) is 4.47. The average Bonchev–Trinajstić information content (AvgIpc) is 2.43. The van der Waals surface area contributed by atoms with E-state index in [1.165, 1.54) is 18.7 Å². The summed E-state index contributed by atoms with van der Waals surface area (Å²) in [4.78, 5) is 22.5. The number of carboxylic acid groups (broad SMARTS) is 1. The number of hydrogen-bond donors (Lipinski definition) is 2. The van der Waals surface area contributed by atoms with Crippen LogP contribution >= 0.6 is 11.8 Å². The lowest BCUT2D eigenvalue weighted by Gasteiger charge is -2.28. The zero-order chi connectivity index (χ0) is 16.2. The minimum Gasteiger partial charge on any atom is -0.496 e. The zero-order valence-corrected chi connectivity index (χ0v) is 13.5. The molecule has 3 N–H and O–H groups in total. The van der Waals surface area contributed by atoms with Gasteiger partial charge < -0.3 is 15.6 Å². The van der Waals surface area contributed by atoms with Crippen LogP contribution < -0.4 is 10.5 Å². The van der Waals surface area contributed by atoms with Crippen molar-refractivity contribution in [1.82, 2.24) is 0 Å². The molecule has 5 nitrogen and oxygen atoms in total. The molecule has 0 unspecified atom stereocenters. The summed E-state index contributed by atoms with van der Waals surface area (Å²) >= 11 is 1.42. The van der Waals surface area contributed by atoms with Gasteiger partial charge in [-0.1, -0.05) is 0 Å². The maximum atomic E-state index is 11.5. The molecule has 21 heavy (non-hydrogen) atoms. The molecule has 1 rings (SSSR count). The number of methoxy groups -OCH3 is 1. The van der Waals surface area contributed by atoms with E-state index in [-0.39, 0.29) is 5.78 Å². The van der Waals surface area contributed by atoms with Crippen LogP contribution in [0.1, 0.15) is 36.7 Å². The molecule has 0 radical (unpaired) electrons. The number of ether oxygens (including phenoxy) is 1. The number of Topliss-reactive ketones (excluding diaryl/α,β-unsaturated/α-hetero) is 1. The summed E-state index contributed by atoms with van der Waals surface area (Å²) < 4.78 is 4.65. The van der Waals surface area contributed by atoms with E-state index >= 15 is 0 Å². The fourth-order valence-electron chi connectivity index (χ4n) is 1.76. The summed E-state index contributed by atoms with van der Waals surface area (Å²) in [6.45, 7) is 5.08. The summed E-state index contributed by atoms with van der Waals surface area (Å²) in [5.74, 6) is 0.132. The summed E-state index contributed by atoms with van der Waals surface area (Å²) in [5, 5.41) is 9.02. The number of benzene rings is 1. The first-order chi connectivity index (χ1) is 9.69. The summed E-state index contributed by atoms with van der Waals surface area (Å²) in [6, 6.07) is 4.26. The van der Waals surface area contributed by atoms with E-state index in [0.717, 1.165) is 5.56 Å². The highest BCUT2D eigenvalue weighted by atomic mass is 32.2. The molecular formula is C15H21NO4S. The van der Waals surface area contributed by atoms with Gasteiger partial charge in [0.15, 0.2) is 5.78 Å². The first-order valence-electron chi connectivity index (χ1n) is 6.49. The summed E-state index contributed by atoms with van der Waals surface area (Å²) in [7, 11) is 1.56. The Balaban J connectivity index is 2.94. The fraction of sp³-hybridized carbons (Fsp3) is 0.467. The molecule has 0 saturated carbocycles. The maximum absolute atomic E-state index is 11.5. The number of carbonyl (C=O) groups is 2. The molecule has 0 amide bonds. The number of aliphatic carboxylic acids is 1. The lowest BCUT2D eigenvalue weighted by Crippen LogP contribution is -2.46. The number of ketones is 1.